The van der Waals surface area contributed by atoms with Crippen molar-refractivity contribution >= 4 is 0 Å². The molecular weight excluding hydrogens is 198 g/mol. The molecule has 1 saturated heterocycles. The van der Waals surface area contributed by atoms with Crippen LogP contribution in [0.5, 0.6) is 0 Å². The first kappa shape index (κ1) is 14.0. The predicted octanol–water partition coefficient (Wildman–Crippen LogP) is 3.05. The van der Waals surface area contributed by atoms with Crippen molar-refractivity contribution in [1.29, 1.82) is 0 Å². The summed E-state index contributed by atoms with van der Waals surface area (Å²) >= 11 is 0. The van der Waals surface area contributed by atoms with Gasteiger partial charge in [-0.05, 0) is 45.1 Å². The number of nitrogens with zero attached hydrogens (tertiary/aromatic N) is 1. The van der Waals surface area contributed by atoms with Crippen LogP contribution in [0, 0.1) is 5.92 Å². The number of aliphatic hydroxyl groups excluding tert-OH is 1. The van der Waals surface area contributed by atoms with Gasteiger partial charge in [0.1, 0.15) is 0 Å². The van der Waals surface area contributed by atoms with Crippen LogP contribution in [0.4, 0.5) is 0 Å². The first-order chi connectivity index (χ1) is 7.60. The zero-order valence-corrected chi connectivity index (χ0v) is 11.4. The van der Waals surface area contributed by atoms with E-state index < -0.39 is 0 Å². The summed E-state index contributed by atoms with van der Waals surface area (Å²) in [6.45, 7) is 10.2. The fourth-order valence-corrected chi connectivity index (χ4v) is 3.13. The lowest BCUT2D eigenvalue weighted by Gasteiger charge is -2.43. The van der Waals surface area contributed by atoms with Crippen molar-refractivity contribution in [1.82, 2.24) is 4.90 Å². The molecule has 0 aliphatic carbocycles. The van der Waals surface area contributed by atoms with Crippen LogP contribution in [-0.2, 0) is 0 Å². The van der Waals surface area contributed by atoms with E-state index in [4.69, 9.17) is 0 Å². The summed E-state index contributed by atoms with van der Waals surface area (Å²) in [6.07, 6.45) is 5.54. The predicted molar refractivity (Wildman–Crippen MR) is 69.6 cm³/mol. The summed E-state index contributed by atoms with van der Waals surface area (Å²) in [7, 11) is 0. The average Bonchev–Trinajstić information content (AvgIpc) is 2.22. The monoisotopic (exact) mass is 227 g/mol. The second kappa shape index (κ2) is 6.61. The lowest BCUT2D eigenvalue weighted by atomic mass is 9.90. The Bertz CT molecular complexity index is 191. The minimum absolute atomic E-state index is 0.133. The van der Waals surface area contributed by atoms with E-state index in [0.717, 1.165) is 25.2 Å². The van der Waals surface area contributed by atoms with Gasteiger partial charge < -0.3 is 5.11 Å². The Balaban J connectivity index is 2.57. The maximum absolute atomic E-state index is 10.2. The Morgan fingerprint density at radius 3 is 2.50 bits per heavy atom. The van der Waals surface area contributed by atoms with E-state index in [1.165, 1.54) is 19.4 Å². The Hall–Kier alpha value is -0.0800. The Labute approximate surface area is 101 Å². The number of likely N-dealkylation sites (tertiary alicyclic amines) is 1. The van der Waals surface area contributed by atoms with E-state index in [0.29, 0.717) is 12.1 Å². The quantitative estimate of drug-likeness (QED) is 0.780. The van der Waals surface area contributed by atoms with Crippen molar-refractivity contribution < 1.29 is 5.11 Å². The molecule has 0 bridgehead atoms. The first-order valence-electron chi connectivity index (χ1n) is 7.03. The Morgan fingerprint density at radius 2 is 2.00 bits per heavy atom. The number of rotatable bonds is 5. The van der Waals surface area contributed by atoms with Gasteiger partial charge in [-0.3, -0.25) is 4.90 Å². The van der Waals surface area contributed by atoms with Crippen molar-refractivity contribution in [3.05, 3.63) is 0 Å². The zero-order valence-electron chi connectivity index (χ0n) is 11.4. The van der Waals surface area contributed by atoms with Crippen LogP contribution < -0.4 is 0 Å². The molecule has 4 atom stereocenters. The molecule has 0 aromatic rings. The van der Waals surface area contributed by atoms with E-state index in [2.05, 4.69) is 32.6 Å². The van der Waals surface area contributed by atoms with Crippen LogP contribution in [-0.4, -0.2) is 34.7 Å². The van der Waals surface area contributed by atoms with Crippen molar-refractivity contribution in [3.63, 3.8) is 0 Å². The maximum Gasteiger partial charge on any atom is 0.0695 e. The van der Waals surface area contributed by atoms with E-state index in [9.17, 15) is 5.11 Å². The summed E-state index contributed by atoms with van der Waals surface area (Å²) < 4.78 is 0. The van der Waals surface area contributed by atoms with Crippen LogP contribution in [0.25, 0.3) is 0 Å². The normalized spacial score (nSPS) is 31.3. The number of hydrogen-bond donors (Lipinski definition) is 1. The molecule has 1 aliphatic rings. The molecule has 4 unspecified atom stereocenters. The third kappa shape index (κ3) is 3.46. The third-order valence-electron chi connectivity index (χ3n) is 4.06. The molecular formula is C14H29NO. The van der Waals surface area contributed by atoms with E-state index >= 15 is 0 Å². The highest BCUT2D eigenvalue weighted by Crippen LogP contribution is 2.27. The molecule has 1 N–H and O–H groups in total. The molecule has 1 heterocycles. The van der Waals surface area contributed by atoms with Gasteiger partial charge in [-0.1, -0.05) is 27.2 Å². The van der Waals surface area contributed by atoms with E-state index in [1.54, 1.807) is 0 Å². The van der Waals surface area contributed by atoms with Crippen molar-refractivity contribution in [2.45, 2.75) is 78.0 Å². The van der Waals surface area contributed by atoms with E-state index in [-0.39, 0.29) is 6.10 Å². The minimum Gasteiger partial charge on any atom is -0.391 e. The second-order valence-electron chi connectivity index (χ2n) is 5.55. The van der Waals surface area contributed by atoms with E-state index in [1.807, 2.05) is 0 Å². The van der Waals surface area contributed by atoms with Gasteiger partial charge in [0.2, 0.25) is 0 Å². The van der Waals surface area contributed by atoms with Crippen LogP contribution in [0.15, 0.2) is 0 Å². The van der Waals surface area contributed by atoms with Gasteiger partial charge in [-0.2, -0.15) is 0 Å². The summed E-state index contributed by atoms with van der Waals surface area (Å²) in [5.41, 5.74) is 0. The highest BCUT2D eigenvalue weighted by Gasteiger charge is 2.31. The maximum atomic E-state index is 10.2. The van der Waals surface area contributed by atoms with Gasteiger partial charge in [-0.15, -0.1) is 0 Å². The smallest absolute Gasteiger partial charge is 0.0695 e. The average molecular weight is 227 g/mol. The number of hydrogen-bond acceptors (Lipinski definition) is 2. The SMILES string of the molecule is CCCC(O)C(CC)N1CCC(C)CC1C. The molecule has 0 aromatic carbocycles. The number of aliphatic hydroxyl groups is 1. The van der Waals surface area contributed by atoms with Gasteiger partial charge in [0.15, 0.2) is 0 Å². The fourth-order valence-electron chi connectivity index (χ4n) is 3.13. The summed E-state index contributed by atoms with van der Waals surface area (Å²) in [6, 6.07) is 1.02. The molecule has 1 rings (SSSR count). The molecule has 0 spiro atoms. The molecule has 2 heteroatoms. The minimum atomic E-state index is -0.133. The highest BCUT2D eigenvalue weighted by atomic mass is 16.3. The molecule has 2 nitrogen and oxygen atoms in total. The molecule has 1 aliphatic heterocycles. The van der Waals surface area contributed by atoms with Gasteiger partial charge in [0.05, 0.1) is 6.10 Å². The second-order valence-corrected chi connectivity index (χ2v) is 5.55. The van der Waals surface area contributed by atoms with Crippen molar-refractivity contribution in [3.8, 4) is 0 Å². The first-order valence-corrected chi connectivity index (χ1v) is 7.03. The summed E-state index contributed by atoms with van der Waals surface area (Å²) in [5.74, 6) is 0.854. The molecule has 0 saturated carbocycles. The van der Waals surface area contributed by atoms with Crippen LogP contribution in [0.1, 0.15) is 59.8 Å². The van der Waals surface area contributed by atoms with Crippen LogP contribution >= 0.6 is 0 Å². The third-order valence-corrected chi connectivity index (χ3v) is 4.06. The molecule has 1 fully saturated rings. The van der Waals surface area contributed by atoms with Gasteiger partial charge in [0.25, 0.3) is 0 Å². The van der Waals surface area contributed by atoms with Crippen LogP contribution in [0.2, 0.25) is 0 Å². The molecule has 0 amide bonds. The molecule has 0 radical (unpaired) electrons. The van der Waals surface area contributed by atoms with Gasteiger partial charge in [-0.25, -0.2) is 0 Å². The standard InChI is InChI=1S/C14H29NO/c1-5-7-14(16)13(6-2)15-9-8-11(3)10-12(15)4/h11-14,16H,5-10H2,1-4H3. The largest absolute Gasteiger partial charge is 0.391 e. The summed E-state index contributed by atoms with van der Waals surface area (Å²) in [4.78, 5) is 2.54. The molecule has 16 heavy (non-hydrogen) atoms. The van der Waals surface area contributed by atoms with Gasteiger partial charge in [0, 0.05) is 12.1 Å². The zero-order chi connectivity index (χ0) is 12.1. The topological polar surface area (TPSA) is 23.5 Å². The molecule has 0 aromatic heterocycles. The summed E-state index contributed by atoms with van der Waals surface area (Å²) in [5, 5.41) is 10.2. The van der Waals surface area contributed by atoms with Crippen LogP contribution in [0.3, 0.4) is 0 Å². The Morgan fingerprint density at radius 1 is 1.31 bits per heavy atom. The van der Waals surface area contributed by atoms with Crippen molar-refractivity contribution in [2.75, 3.05) is 6.54 Å². The Kier molecular flexibility index (Phi) is 5.77. The number of piperidine rings is 1. The highest BCUT2D eigenvalue weighted by molar-refractivity contribution is 4.85. The van der Waals surface area contributed by atoms with Gasteiger partial charge >= 0.3 is 0 Å². The molecule has 96 valence electrons. The lowest BCUT2D eigenvalue weighted by Crippen LogP contribution is -2.51. The van der Waals surface area contributed by atoms with Crippen molar-refractivity contribution in [2.24, 2.45) is 5.92 Å². The lowest BCUT2D eigenvalue weighted by molar-refractivity contribution is -0.00256. The fraction of sp³-hybridized carbons (Fsp3) is 1.00.